The van der Waals surface area contributed by atoms with Crippen LogP contribution in [0.2, 0.25) is 0 Å². The van der Waals surface area contributed by atoms with Crippen LogP contribution in [-0.4, -0.2) is 69.5 Å². The van der Waals surface area contributed by atoms with Crippen LogP contribution in [0.5, 0.6) is 0 Å². The predicted octanol–water partition coefficient (Wildman–Crippen LogP) is 2.21. The number of thiazole rings is 1. The fraction of sp³-hybridized carbons (Fsp3) is 0.440. The van der Waals surface area contributed by atoms with Crippen molar-refractivity contribution in [3.8, 4) is 11.3 Å². The number of aromatic nitrogens is 3. The molecule has 1 aliphatic carbocycles. The molecule has 2 aromatic heterocycles. The Kier molecular flexibility index (Phi) is 6.94. The molecule has 2 N–H and O–H groups in total. The lowest BCUT2D eigenvalue weighted by molar-refractivity contribution is -0.145. The number of fused-ring (bicyclic) bond motifs is 1. The molecule has 9 nitrogen and oxygen atoms in total. The molecule has 35 heavy (non-hydrogen) atoms. The normalized spacial score (nSPS) is 17.3. The smallest absolute Gasteiger partial charge is 0.304 e. The number of nitrogens with zero attached hydrogens (tertiary/aromatic N) is 4. The molecule has 184 valence electrons. The Morgan fingerprint density at radius 1 is 1.14 bits per heavy atom. The van der Waals surface area contributed by atoms with Gasteiger partial charge in [0.1, 0.15) is 5.01 Å². The molecule has 3 aromatic rings. The van der Waals surface area contributed by atoms with Gasteiger partial charge in [-0.1, -0.05) is 24.3 Å². The molecule has 0 bridgehead atoms. The maximum absolute atomic E-state index is 13.2. The Bertz CT molecular complexity index is 1170. The second-order valence-electron chi connectivity index (χ2n) is 9.23. The third-order valence-electron chi connectivity index (χ3n) is 6.78. The van der Waals surface area contributed by atoms with E-state index in [0.717, 1.165) is 66.8 Å². The van der Waals surface area contributed by atoms with E-state index in [2.05, 4.69) is 20.3 Å². The summed E-state index contributed by atoms with van der Waals surface area (Å²) in [4.78, 5) is 31.8. The van der Waals surface area contributed by atoms with Crippen LogP contribution in [0.15, 0.2) is 42.0 Å². The van der Waals surface area contributed by atoms with Crippen molar-refractivity contribution in [2.75, 3.05) is 32.8 Å². The Labute approximate surface area is 207 Å². The predicted molar refractivity (Wildman–Crippen MR) is 131 cm³/mol. The van der Waals surface area contributed by atoms with Crippen molar-refractivity contribution in [1.82, 2.24) is 25.0 Å². The Hall–Kier alpha value is -3.08. The summed E-state index contributed by atoms with van der Waals surface area (Å²) in [5.74, 6) is -1.20. The summed E-state index contributed by atoms with van der Waals surface area (Å²) < 4.78 is 7.32. The standard InChI is InChI=1S/C25H29N5O4S/c31-23(32)13-25(11-18-3-1-2-4-19(18)12-25)24(33)26-15-22-28-21(17-35-22)20-14-27-30(16-20)6-5-29-7-9-34-10-8-29/h1-4,14,16-17H,5-13,15H2,(H,26,33)(H,31,32). The second-order valence-corrected chi connectivity index (χ2v) is 10.2. The van der Waals surface area contributed by atoms with E-state index in [9.17, 15) is 14.7 Å². The minimum absolute atomic E-state index is 0.194. The van der Waals surface area contributed by atoms with Crippen LogP contribution in [0.25, 0.3) is 11.3 Å². The van der Waals surface area contributed by atoms with E-state index in [1.165, 1.54) is 11.3 Å². The number of carbonyl (C=O) groups is 2. The lowest BCUT2D eigenvalue weighted by Crippen LogP contribution is -2.43. The topological polar surface area (TPSA) is 110 Å². The SMILES string of the molecule is O=C(O)CC1(C(=O)NCc2nc(-c3cnn(CCN4CCOCC4)c3)cs2)Cc2ccccc2C1. The number of carboxylic acid groups (broad SMARTS) is 1. The molecule has 0 atom stereocenters. The first-order valence-electron chi connectivity index (χ1n) is 11.8. The highest BCUT2D eigenvalue weighted by atomic mass is 32.1. The summed E-state index contributed by atoms with van der Waals surface area (Å²) >= 11 is 1.47. The van der Waals surface area contributed by atoms with Gasteiger partial charge in [0.25, 0.3) is 0 Å². The molecule has 1 amide bonds. The van der Waals surface area contributed by atoms with Crippen LogP contribution in [0.4, 0.5) is 0 Å². The molecule has 0 unspecified atom stereocenters. The van der Waals surface area contributed by atoms with Gasteiger partial charge in [-0.05, 0) is 24.0 Å². The number of aliphatic carboxylic acids is 1. The number of morpholine rings is 1. The Morgan fingerprint density at radius 3 is 2.60 bits per heavy atom. The monoisotopic (exact) mass is 495 g/mol. The number of ether oxygens (including phenoxy) is 1. The first-order valence-corrected chi connectivity index (χ1v) is 12.7. The molecule has 1 aromatic carbocycles. The van der Waals surface area contributed by atoms with Gasteiger partial charge in [0.15, 0.2) is 0 Å². The highest BCUT2D eigenvalue weighted by Gasteiger charge is 2.45. The first kappa shape index (κ1) is 23.7. The van der Waals surface area contributed by atoms with Gasteiger partial charge < -0.3 is 15.2 Å². The van der Waals surface area contributed by atoms with Gasteiger partial charge in [0, 0.05) is 36.8 Å². The first-order chi connectivity index (χ1) is 17.0. The zero-order valence-electron chi connectivity index (χ0n) is 19.5. The molecule has 10 heteroatoms. The van der Waals surface area contributed by atoms with Gasteiger partial charge in [0.05, 0.1) is 50.0 Å². The lowest BCUT2D eigenvalue weighted by Gasteiger charge is -2.26. The van der Waals surface area contributed by atoms with Crippen molar-refractivity contribution in [2.45, 2.75) is 32.4 Å². The number of hydrogen-bond donors (Lipinski definition) is 2. The molecule has 1 fully saturated rings. The molecule has 5 rings (SSSR count). The van der Waals surface area contributed by atoms with E-state index in [1.807, 2.05) is 46.7 Å². The zero-order chi connectivity index (χ0) is 24.3. The van der Waals surface area contributed by atoms with Crippen LogP contribution >= 0.6 is 11.3 Å². The zero-order valence-corrected chi connectivity index (χ0v) is 20.3. The molecule has 0 saturated carbocycles. The van der Waals surface area contributed by atoms with Crippen molar-refractivity contribution < 1.29 is 19.4 Å². The van der Waals surface area contributed by atoms with E-state index in [0.29, 0.717) is 12.8 Å². The summed E-state index contributed by atoms with van der Waals surface area (Å²) in [7, 11) is 0. The molecule has 0 spiro atoms. The summed E-state index contributed by atoms with van der Waals surface area (Å²) in [6.07, 6.45) is 4.49. The molecular formula is C25H29N5O4S. The largest absolute Gasteiger partial charge is 0.481 e. The number of benzene rings is 1. The van der Waals surface area contributed by atoms with Gasteiger partial charge >= 0.3 is 5.97 Å². The van der Waals surface area contributed by atoms with Crippen molar-refractivity contribution in [3.63, 3.8) is 0 Å². The number of hydrogen-bond acceptors (Lipinski definition) is 7. The van der Waals surface area contributed by atoms with E-state index in [4.69, 9.17) is 4.74 Å². The molecule has 1 aliphatic heterocycles. The number of nitrogens with one attached hydrogen (secondary N) is 1. The van der Waals surface area contributed by atoms with Gasteiger partial charge in [0.2, 0.25) is 5.91 Å². The quantitative estimate of drug-likeness (QED) is 0.468. The van der Waals surface area contributed by atoms with Crippen LogP contribution < -0.4 is 5.32 Å². The number of rotatable bonds is 9. The molecule has 0 radical (unpaired) electrons. The Morgan fingerprint density at radius 2 is 1.89 bits per heavy atom. The third kappa shape index (κ3) is 5.44. The van der Waals surface area contributed by atoms with Gasteiger partial charge in [-0.3, -0.25) is 19.2 Å². The molecule has 2 aliphatic rings. The summed E-state index contributed by atoms with van der Waals surface area (Å²) in [5, 5.41) is 19.6. The van der Waals surface area contributed by atoms with Crippen molar-refractivity contribution >= 4 is 23.2 Å². The maximum Gasteiger partial charge on any atom is 0.304 e. The number of carbonyl (C=O) groups excluding carboxylic acids is 1. The fourth-order valence-electron chi connectivity index (χ4n) is 4.90. The summed E-state index contributed by atoms with van der Waals surface area (Å²) in [6.45, 7) is 5.48. The van der Waals surface area contributed by atoms with Crippen LogP contribution in [0, 0.1) is 5.41 Å². The molecule has 1 saturated heterocycles. The van der Waals surface area contributed by atoms with Gasteiger partial charge in [-0.25, -0.2) is 4.98 Å². The van der Waals surface area contributed by atoms with E-state index < -0.39 is 11.4 Å². The Balaban J connectivity index is 1.19. The van der Waals surface area contributed by atoms with Crippen molar-refractivity contribution in [3.05, 3.63) is 58.2 Å². The highest BCUT2D eigenvalue weighted by Crippen LogP contribution is 2.40. The van der Waals surface area contributed by atoms with Crippen LogP contribution in [0.3, 0.4) is 0 Å². The minimum atomic E-state index is -0.963. The lowest BCUT2D eigenvalue weighted by atomic mass is 9.80. The van der Waals surface area contributed by atoms with E-state index in [-0.39, 0.29) is 18.9 Å². The molecule has 3 heterocycles. The summed E-state index contributed by atoms with van der Waals surface area (Å²) in [5.41, 5.74) is 2.90. The van der Waals surface area contributed by atoms with Gasteiger partial charge in [-0.15, -0.1) is 11.3 Å². The fourth-order valence-corrected chi connectivity index (χ4v) is 5.65. The number of amides is 1. The average molecular weight is 496 g/mol. The van der Waals surface area contributed by atoms with Crippen LogP contribution in [0.1, 0.15) is 22.6 Å². The maximum atomic E-state index is 13.2. The second kappa shape index (κ2) is 10.3. The highest BCUT2D eigenvalue weighted by molar-refractivity contribution is 7.09. The average Bonchev–Trinajstić information content (AvgIpc) is 3.59. The number of carboxylic acids is 1. The minimum Gasteiger partial charge on any atom is -0.481 e. The molecular weight excluding hydrogens is 466 g/mol. The van der Waals surface area contributed by atoms with Crippen molar-refractivity contribution in [1.29, 1.82) is 0 Å². The van der Waals surface area contributed by atoms with Crippen LogP contribution in [-0.2, 0) is 40.3 Å². The van der Waals surface area contributed by atoms with Gasteiger partial charge in [-0.2, -0.15) is 5.10 Å². The van der Waals surface area contributed by atoms with Crippen molar-refractivity contribution in [2.24, 2.45) is 5.41 Å². The summed E-state index contributed by atoms with van der Waals surface area (Å²) in [6, 6.07) is 7.80. The third-order valence-corrected chi connectivity index (χ3v) is 7.63. The van der Waals surface area contributed by atoms with E-state index in [1.54, 1.807) is 0 Å². The van der Waals surface area contributed by atoms with E-state index >= 15 is 0 Å².